The van der Waals surface area contributed by atoms with Crippen LogP contribution in [0.3, 0.4) is 0 Å². The average Bonchev–Trinajstić information content (AvgIpc) is 3.16. The van der Waals surface area contributed by atoms with Gasteiger partial charge in [-0.1, -0.05) is 48.5 Å². The average molecular weight is 482 g/mol. The van der Waals surface area contributed by atoms with Gasteiger partial charge in [-0.3, -0.25) is 4.79 Å². The zero-order valence-corrected chi connectivity index (χ0v) is 20.0. The van der Waals surface area contributed by atoms with Gasteiger partial charge in [-0.2, -0.15) is 0 Å². The predicted octanol–water partition coefficient (Wildman–Crippen LogP) is 2.21. The maximum absolute atomic E-state index is 13.2. The lowest BCUT2D eigenvalue weighted by molar-refractivity contribution is -0.144. The lowest BCUT2D eigenvalue weighted by atomic mass is 9.88. The van der Waals surface area contributed by atoms with Gasteiger partial charge < -0.3 is 30.1 Å². The number of ether oxygens (including phenoxy) is 2. The van der Waals surface area contributed by atoms with Gasteiger partial charge in [-0.15, -0.1) is 0 Å². The van der Waals surface area contributed by atoms with E-state index in [2.05, 4.69) is 22.8 Å². The third kappa shape index (κ3) is 5.31. The van der Waals surface area contributed by atoms with Crippen LogP contribution in [0.25, 0.3) is 11.1 Å². The Morgan fingerprint density at radius 3 is 2.17 bits per heavy atom. The molecule has 2 amide bonds. The van der Waals surface area contributed by atoms with Crippen molar-refractivity contribution in [2.45, 2.75) is 30.3 Å². The molecular weight excluding hydrogens is 450 g/mol. The number of carbonyl (C=O) groups excluding carboxylic acids is 2. The largest absolute Gasteiger partial charge is 0.480 e. The molecule has 0 bridgehead atoms. The van der Waals surface area contributed by atoms with E-state index in [-0.39, 0.29) is 45.1 Å². The molecule has 9 heteroatoms. The van der Waals surface area contributed by atoms with Crippen LogP contribution in [0, 0.1) is 0 Å². The lowest BCUT2D eigenvalue weighted by Crippen LogP contribution is -2.64. The Morgan fingerprint density at radius 1 is 1.06 bits per heavy atom. The zero-order chi connectivity index (χ0) is 25.0. The molecule has 1 aliphatic heterocycles. The van der Waals surface area contributed by atoms with E-state index in [9.17, 15) is 19.5 Å². The fourth-order valence-electron chi connectivity index (χ4n) is 4.81. The zero-order valence-electron chi connectivity index (χ0n) is 20.0. The molecule has 35 heavy (non-hydrogen) atoms. The van der Waals surface area contributed by atoms with Gasteiger partial charge in [0.2, 0.25) is 5.91 Å². The van der Waals surface area contributed by atoms with Crippen molar-refractivity contribution in [1.29, 1.82) is 0 Å². The Balaban J connectivity index is 1.46. The highest BCUT2D eigenvalue weighted by Gasteiger charge is 2.43. The number of rotatable bonds is 8. The first kappa shape index (κ1) is 24.7. The predicted molar refractivity (Wildman–Crippen MR) is 129 cm³/mol. The monoisotopic (exact) mass is 481 g/mol. The molecule has 2 aliphatic rings. The van der Waals surface area contributed by atoms with Crippen molar-refractivity contribution in [3.63, 3.8) is 0 Å². The van der Waals surface area contributed by atoms with Crippen LogP contribution in [0.15, 0.2) is 48.5 Å². The molecule has 0 spiro atoms. The van der Waals surface area contributed by atoms with Crippen LogP contribution < -0.4 is 10.6 Å². The van der Waals surface area contributed by atoms with E-state index in [1.807, 2.05) is 36.4 Å². The molecule has 0 radical (unpaired) electrons. The smallest absolute Gasteiger partial charge is 0.408 e. The summed E-state index contributed by atoms with van der Waals surface area (Å²) in [7, 11) is 3.45. The number of carboxylic acid groups (broad SMARTS) is 1. The third-order valence-corrected chi connectivity index (χ3v) is 6.62. The number of hydrogen-bond donors (Lipinski definition) is 3. The minimum absolute atomic E-state index is 0.107. The number of fused-ring (bicyclic) bond motifs is 3. The molecule has 9 nitrogen and oxygen atoms in total. The maximum Gasteiger partial charge on any atom is 0.408 e. The summed E-state index contributed by atoms with van der Waals surface area (Å²) in [6.07, 6.45) is -0.280. The summed E-state index contributed by atoms with van der Waals surface area (Å²) in [5.41, 5.74) is 3.12. The van der Waals surface area contributed by atoms with Gasteiger partial charge in [0.15, 0.2) is 0 Å². The number of alkyl carbamates (subject to hydrolysis) is 1. The van der Waals surface area contributed by atoms with Crippen molar-refractivity contribution in [2.75, 3.05) is 40.5 Å². The van der Waals surface area contributed by atoms with Crippen molar-refractivity contribution in [3.05, 3.63) is 59.7 Å². The third-order valence-electron chi connectivity index (χ3n) is 6.62. The van der Waals surface area contributed by atoms with E-state index in [4.69, 9.17) is 9.47 Å². The van der Waals surface area contributed by atoms with E-state index in [0.717, 1.165) is 22.3 Å². The lowest BCUT2D eigenvalue weighted by Gasteiger charge is -2.37. The van der Waals surface area contributed by atoms with Gasteiger partial charge in [0.1, 0.15) is 18.2 Å². The molecule has 2 aromatic carbocycles. The molecule has 1 fully saturated rings. The molecule has 186 valence electrons. The van der Waals surface area contributed by atoms with E-state index < -0.39 is 29.6 Å². The summed E-state index contributed by atoms with van der Waals surface area (Å²) in [5.74, 6) is -1.80. The molecule has 2 aromatic rings. The number of amides is 2. The summed E-state index contributed by atoms with van der Waals surface area (Å²) in [6, 6.07) is 15.0. The molecule has 0 aromatic heterocycles. The molecule has 1 saturated heterocycles. The topological polar surface area (TPSA) is 117 Å². The Kier molecular flexibility index (Phi) is 7.37. The van der Waals surface area contributed by atoms with E-state index in [1.165, 1.54) is 0 Å². The number of carbonyl (C=O) groups is 3. The van der Waals surface area contributed by atoms with Gasteiger partial charge in [-0.05, 0) is 36.3 Å². The van der Waals surface area contributed by atoms with Gasteiger partial charge in [0.25, 0.3) is 0 Å². The molecule has 1 atom stereocenters. The van der Waals surface area contributed by atoms with Crippen LogP contribution in [0.2, 0.25) is 0 Å². The summed E-state index contributed by atoms with van der Waals surface area (Å²) < 4.78 is 11.0. The molecule has 3 N–H and O–H groups in total. The van der Waals surface area contributed by atoms with E-state index in [1.54, 1.807) is 19.0 Å². The highest BCUT2D eigenvalue weighted by molar-refractivity contribution is 5.93. The number of aliphatic carboxylic acids is 1. The highest BCUT2D eigenvalue weighted by Crippen LogP contribution is 2.44. The summed E-state index contributed by atoms with van der Waals surface area (Å²) in [6.45, 7) is 0.774. The molecule has 1 heterocycles. The number of nitrogens with zero attached hydrogens (tertiary/aromatic N) is 1. The second kappa shape index (κ2) is 10.5. The summed E-state index contributed by atoms with van der Waals surface area (Å²) >= 11 is 0. The Labute approximate surface area is 204 Å². The molecule has 1 unspecified atom stereocenters. The first-order valence-electron chi connectivity index (χ1n) is 11.7. The van der Waals surface area contributed by atoms with Crippen molar-refractivity contribution in [1.82, 2.24) is 15.5 Å². The molecule has 4 rings (SSSR count). The van der Waals surface area contributed by atoms with Crippen LogP contribution in [0.1, 0.15) is 29.9 Å². The quantitative estimate of drug-likeness (QED) is 0.529. The van der Waals surface area contributed by atoms with Crippen LogP contribution in [-0.4, -0.2) is 80.0 Å². The fourth-order valence-corrected chi connectivity index (χ4v) is 4.81. The van der Waals surface area contributed by atoms with Crippen LogP contribution in [-0.2, 0) is 19.1 Å². The highest BCUT2D eigenvalue weighted by atomic mass is 16.5. The van der Waals surface area contributed by atoms with E-state index >= 15 is 0 Å². The van der Waals surface area contributed by atoms with Crippen molar-refractivity contribution < 1.29 is 29.0 Å². The number of hydrogen-bond acceptors (Lipinski definition) is 6. The number of benzene rings is 2. The Morgan fingerprint density at radius 2 is 1.63 bits per heavy atom. The SMILES string of the molecule is CN(C)CC(NC(=O)C1(NC(=O)OCC2c3ccccc3-c3ccccc32)CCOCC1)C(=O)O. The van der Waals surface area contributed by atoms with Crippen LogP contribution in [0.4, 0.5) is 4.79 Å². The van der Waals surface area contributed by atoms with Crippen molar-refractivity contribution >= 4 is 18.0 Å². The Bertz CT molecular complexity index is 1050. The molecule has 1 aliphatic carbocycles. The first-order valence-corrected chi connectivity index (χ1v) is 11.7. The maximum atomic E-state index is 13.2. The summed E-state index contributed by atoms with van der Waals surface area (Å²) in [5, 5.41) is 14.8. The Hall–Kier alpha value is -3.43. The van der Waals surface area contributed by atoms with Gasteiger partial charge in [0, 0.05) is 38.5 Å². The van der Waals surface area contributed by atoms with Crippen LogP contribution in [0.5, 0.6) is 0 Å². The van der Waals surface area contributed by atoms with Gasteiger partial charge in [-0.25, -0.2) is 9.59 Å². The minimum atomic E-state index is -1.30. The van der Waals surface area contributed by atoms with Gasteiger partial charge >= 0.3 is 12.1 Å². The number of carboxylic acids is 1. The standard InChI is InChI=1S/C26H31N3O6/c1-29(2)15-22(23(30)31)27-24(32)26(11-13-34-14-12-26)28-25(33)35-16-21-19-9-5-3-7-17(19)18-8-4-6-10-20(18)21/h3-10,21-22H,11-16H2,1-2H3,(H,27,32)(H,28,33)(H,30,31). The van der Waals surface area contributed by atoms with Crippen LogP contribution >= 0.6 is 0 Å². The number of likely N-dealkylation sites (N-methyl/N-ethyl adjacent to an activating group) is 1. The molecular formula is C26H31N3O6. The van der Waals surface area contributed by atoms with Gasteiger partial charge in [0.05, 0.1) is 0 Å². The number of nitrogens with one attached hydrogen (secondary N) is 2. The summed E-state index contributed by atoms with van der Waals surface area (Å²) in [4.78, 5) is 39.5. The van der Waals surface area contributed by atoms with Crippen molar-refractivity contribution in [2.24, 2.45) is 0 Å². The normalized spacial score (nSPS) is 17.2. The minimum Gasteiger partial charge on any atom is -0.480 e. The second-order valence-electron chi connectivity index (χ2n) is 9.27. The van der Waals surface area contributed by atoms with E-state index in [0.29, 0.717) is 0 Å². The molecule has 0 saturated carbocycles. The fraction of sp³-hybridized carbons (Fsp3) is 0.423. The first-order chi connectivity index (χ1) is 16.8. The van der Waals surface area contributed by atoms with Crippen molar-refractivity contribution in [3.8, 4) is 11.1 Å². The second-order valence-corrected chi connectivity index (χ2v) is 9.27.